The Morgan fingerprint density at radius 1 is 1.09 bits per heavy atom. The molecule has 4 bridgehead atoms. The largest absolute Gasteiger partial charge is 0.273 e. The van der Waals surface area contributed by atoms with Crippen LogP contribution in [0, 0.1) is 17.3 Å². The Labute approximate surface area is 140 Å². The Morgan fingerprint density at radius 3 is 2.35 bits per heavy atom. The van der Waals surface area contributed by atoms with E-state index in [-0.39, 0.29) is 16.7 Å². The van der Waals surface area contributed by atoms with Gasteiger partial charge in [0, 0.05) is 22.8 Å². The second-order valence-electron chi connectivity index (χ2n) is 7.54. The van der Waals surface area contributed by atoms with Crippen molar-refractivity contribution in [3.8, 4) is 0 Å². The number of carbonyl (C=O) groups excluding carboxylic acids is 2. The number of hydrogen-bond acceptors (Lipinski definition) is 3. The molecule has 2 unspecified atom stereocenters. The molecule has 4 aliphatic rings. The van der Waals surface area contributed by atoms with Gasteiger partial charge >= 0.3 is 0 Å². The molecule has 0 aromatic carbocycles. The molecule has 6 heteroatoms. The average Bonchev–Trinajstić information content (AvgIpc) is 2.50. The van der Waals surface area contributed by atoms with Gasteiger partial charge in [-0.1, -0.05) is 0 Å². The number of alkyl halides is 1. The van der Waals surface area contributed by atoms with Crippen molar-refractivity contribution in [2.45, 2.75) is 43.4 Å². The molecule has 0 spiro atoms. The van der Waals surface area contributed by atoms with E-state index in [1.54, 1.807) is 24.5 Å². The van der Waals surface area contributed by atoms with Crippen molar-refractivity contribution in [2.75, 3.05) is 0 Å². The molecule has 4 atom stereocenters. The summed E-state index contributed by atoms with van der Waals surface area (Å²) in [5.74, 6) is 0.691. The lowest BCUT2D eigenvalue weighted by molar-refractivity contribution is -0.145. The van der Waals surface area contributed by atoms with Crippen LogP contribution in [0.3, 0.4) is 0 Å². The van der Waals surface area contributed by atoms with Gasteiger partial charge in [-0.3, -0.25) is 25.4 Å². The first-order valence-corrected chi connectivity index (χ1v) is 8.56. The van der Waals surface area contributed by atoms with Crippen LogP contribution in [0.2, 0.25) is 0 Å². The van der Waals surface area contributed by atoms with Crippen LogP contribution in [-0.2, 0) is 4.79 Å². The van der Waals surface area contributed by atoms with E-state index in [0.717, 1.165) is 32.1 Å². The SMILES string of the molecule is O=C(NNC(=O)C12C[C@@H]3C[C@@H](CC(Cl)(C3)C1)C2)c1ccncc1. The molecule has 2 N–H and O–H groups in total. The summed E-state index contributed by atoms with van der Waals surface area (Å²) in [6.45, 7) is 0. The Morgan fingerprint density at radius 2 is 1.74 bits per heavy atom. The number of rotatable bonds is 2. The predicted octanol–water partition coefficient (Wildman–Crippen LogP) is 2.42. The van der Waals surface area contributed by atoms with Gasteiger partial charge in [-0.15, -0.1) is 11.6 Å². The lowest BCUT2D eigenvalue weighted by atomic mass is 9.49. The summed E-state index contributed by atoms with van der Waals surface area (Å²) in [4.78, 5) is 28.5. The summed E-state index contributed by atoms with van der Waals surface area (Å²) in [5.41, 5.74) is 5.23. The molecule has 0 radical (unpaired) electrons. The molecule has 2 amide bonds. The molecule has 5 nitrogen and oxygen atoms in total. The molecular weight excluding hydrogens is 314 g/mol. The topological polar surface area (TPSA) is 71.1 Å². The highest BCUT2D eigenvalue weighted by molar-refractivity contribution is 6.24. The van der Waals surface area contributed by atoms with Gasteiger partial charge in [0.1, 0.15) is 0 Å². The van der Waals surface area contributed by atoms with Crippen molar-refractivity contribution < 1.29 is 9.59 Å². The normalized spacial score (nSPS) is 37.4. The van der Waals surface area contributed by atoms with Crippen LogP contribution < -0.4 is 10.9 Å². The van der Waals surface area contributed by atoms with Gasteiger partial charge in [0.2, 0.25) is 5.91 Å². The molecule has 1 aromatic rings. The zero-order valence-corrected chi connectivity index (χ0v) is 13.6. The van der Waals surface area contributed by atoms with Gasteiger partial charge in [0.05, 0.1) is 5.41 Å². The molecule has 4 fully saturated rings. The minimum atomic E-state index is -0.405. The fourth-order valence-electron chi connectivity index (χ4n) is 5.24. The smallest absolute Gasteiger partial charge is 0.269 e. The van der Waals surface area contributed by atoms with E-state index >= 15 is 0 Å². The number of hydrazine groups is 1. The van der Waals surface area contributed by atoms with Gasteiger partial charge in [-0.05, 0) is 62.5 Å². The molecule has 0 aliphatic heterocycles. The summed E-state index contributed by atoms with van der Waals surface area (Å²) in [7, 11) is 0. The predicted molar refractivity (Wildman–Crippen MR) is 85.5 cm³/mol. The number of aromatic nitrogens is 1. The van der Waals surface area contributed by atoms with Crippen LogP contribution in [0.25, 0.3) is 0 Å². The molecule has 0 saturated heterocycles. The fourth-order valence-corrected chi connectivity index (χ4v) is 5.93. The molecular formula is C17H20ClN3O2. The summed E-state index contributed by atoms with van der Waals surface area (Å²) >= 11 is 6.75. The van der Waals surface area contributed by atoms with E-state index in [2.05, 4.69) is 15.8 Å². The Bertz CT molecular complexity index is 634. The summed E-state index contributed by atoms with van der Waals surface area (Å²) in [5, 5.41) is 0. The average molecular weight is 334 g/mol. The first-order chi connectivity index (χ1) is 11.0. The van der Waals surface area contributed by atoms with Crippen molar-refractivity contribution in [1.82, 2.24) is 15.8 Å². The van der Waals surface area contributed by atoms with Crippen molar-refractivity contribution in [2.24, 2.45) is 17.3 Å². The highest BCUT2D eigenvalue weighted by Crippen LogP contribution is 2.63. The number of hydrogen-bond donors (Lipinski definition) is 2. The van der Waals surface area contributed by atoms with Gasteiger partial charge < -0.3 is 0 Å². The third-order valence-electron chi connectivity index (χ3n) is 5.70. The Kier molecular flexibility index (Phi) is 3.38. The zero-order chi connectivity index (χ0) is 16.1. The van der Waals surface area contributed by atoms with E-state index in [1.165, 1.54) is 6.42 Å². The third kappa shape index (κ3) is 2.61. The van der Waals surface area contributed by atoms with Crippen LogP contribution in [0.5, 0.6) is 0 Å². The van der Waals surface area contributed by atoms with Crippen LogP contribution >= 0.6 is 11.6 Å². The molecule has 23 heavy (non-hydrogen) atoms. The maximum atomic E-state index is 12.8. The van der Waals surface area contributed by atoms with Crippen LogP contribution in [-0.4, -0.2) is 21.7 Å². The van der Waals surface area contributed by atoms with E-state index in [0.29, 0.717) is 17.4 Å². The van der Waals surface area contributed by atoms with Crippen LogP contribution in [0.1, 0.15) is 48.9 Å². The van der Waals surface area contributed by atoms with Crippen molar-refractivity contribution in [3.63, 3.8) is 0 Å². The summed E-state index contributed by atoms with van der Waals surface area (Å²) < 4.78 is 0. The van der Waals surface area contributed by atoms with Crippen LogP contribution in [0.15, 0.2) is 24.5 Å². The van der Waals surface area contributed by atoms with Gasteiger partial charge in [0.25, 0.3) is 5.91 Å². The molecule has 4 aliphatic carbocycles. The zero-order valence-electron chi connectivity index (χ0n) is 12.8. The highest BCUT2D eigenvalue weighted by atomic mass is 35.5. The number of amides is 2. The second-order valence-corrected chi connectivity index (χ2v) is 8.34. The second kappa shape index (κ2) is 5.20. The number of nitrogens with one attached hydrogen (secondary N) is 2. The van der Waals surface area contributed by atoms with Gasteiger partial charge in [-0.25, -0.2) is 0 Å². The molecule has 1 aromatic heterocycles. The van der Waals surface area contributed by atoms with Crippen LogP contribution in [0.4, 0.5) is 0 Å². The molecule has 5 rings (SSSR count). The number of carbonyl (C=O) groups is 2. The van der Waals surface area contributed by atoms with Crippen molar-refractivity contribution >= 4 is 23.4 Å². The Balaban J connectivity index is 1.44. The van der Waals surface area contributed by atoms with Crippen molar-refractivity contribution in [3.05, 3.63) is 30.1 Å². The van der Waals surface area contributed by atoms with E-state index in [4.69, 9.17) is 11.6 Å². The minimum Gasteiger partial charge on any atom is -0.273 e. The lowest BCUT2D eigenvalue weighted by Crippen LogP contribution is -2.60. The maximum Gasteiger partial charge on any atom is 0.269 e. The number of nitrogens with zero attached hydrogens (tertiary/aromatic N) is 1. The number of halogens is 1. The fraction of sp³-hybridized carbons (Fsp3) is 0.588. The summed E-state index contributed by atoms with van der Waals surface area (Å²) in [6, 6.07) is 3.22. The summed E-state index contributed by atoms with van der Waals surface area (Å²) in [6.07, 6.45) is 8.88. The monoisotopic (exact) mass is 333 g/mol. The third-order valence-corrected chi connectivity index (χ3v) is 6.15. The van der Waals surface area contributed by atoms with E-state index in [1.807, 2.05) is 0 Å². The number of pyridine rings is 1. The molecule has 122 valence electrons. The molecule has 4 saturated carbocycles. The quantitative estimate of drug-likeness (QED) is 0.645. The highest BCUT2D eigenvalue weighted by Gasteiger charge is 2.60. The van der Waals surface area contributed by atoms with Crippen molar-refractivity contribution in [1.29, 1.82) is 0 Å². The molecule has 1 heterocycles. The standard InChI is InChI=1S/C17H20ClN3O2/c18-17-8-11-5-12(9-17)7-16(6-11,10-17)15(23)21-20-14(22)13-1-3-19-4-2-13/h1-4,11-12H,5-10H2,(H,20,22)(H,21,23)/t11-,12+,16?,17?. The van der Waals surface area contributed by atoms with E-state index in [9.17, 15) is 9.59 Å². The first-order valence-electron chi connectivity index (χ1n) is 8.18. The van der Waals surface area contributed by atoms with Gasteiger partial charge in [0.15, 0.2) is 0 Å². The van der Waals surface area contributed by atoms with E-state index < -0.39 is 5.41 Å². The lowest BCUT2D eigenvalue weighted by Gasteiger charge is -2.59. The Hall–Kier alpha value is -1.62. The maximum absolute atomic E-state index is 12.8. The first kappa shape index (κ1) is 14.9. The van der Waals surface area contributed by atoms with Gasteiger partial charge in [-0.2, -0.15) is 0 Å². The minimum absolute atomic E-state index is 0.0842.